The van der Waals surface area contributed by atoms with E-state index in [1.54, 1.807) is 7.11 Å². The Morgan fingerprint density at radius 2 is 1.88 bits per heavy atom. The summed E-state index contributed by atoms with van der Waals surface area (Å²) in [7, 11) is 1.64. The summed E-state index contributed by atoms with van der Waals surface area (Å²) >= 11 is 0. The van der Waals surface area contributed by atoms with Crippen LogP contribution in [0.25, 0.3) is 11.1 Å². The summed E-state index contributed by atoms with van der Waals surface area (Å²) in [5.74, 6) is 1.59. The van der Waals surface area contributed by atoms with Crippen LogP contribution < -0.4 is 4.74 Å². The van der Waals surface area contributed by atoms with Gasteiger partial charge in [0.05, 0.1) is 13.2 Å². The summed E-state index contributed by atoms with van der Waals surface area (Å²) in [4.78, 5) is 4.76. The van der Waals surface area contributed by atoms with E-state index in [1.165, 1.54) is 19.3 Å². The fourth-order valence-electron chi connectivity index (χ4n) is 3.38. The molecule has 2 atom stereocenters. The summed E-state index contributed by atoms with van der Waals surface area (Å²) in [6, 6.07) is 13.9. The molecule has 2 aromatic rings. The van der Waals surface area contributed by atoms with E-state index < -0.39 is 0 Å². The van der Waals surface area contributed by atoms with Crippen LogP contribution in [0, 0.1) is 5.92 Å². The SMILES string of the molecule is COc1cc(C=NC2CCCCC2C)c(O)c(-c2ccccc2)c1. The first-order valence-corrected chi connectivity index (χ1v) is 8.68. The van der Waals surface area contributed by atoms with Crippen molar-refractivity contribution in [2.24, 2.45) is 10.9 Å². The van der Waals surface area contributed by atoms with Crippen molar-refractivity contribution in [3.8, 4) is 22.6 Å². The van der Waals surface area contributed by atoms with E-state index >= 15 is 0 Å². The number of phenols is 1. The van der Waals surface area contributed by atoms with Crippen LogP contribution >= 0.6 is 0 Å². The molecule has 0 amide bonds. The second-order valence-corrected chi connectivity index (χ2v) is 6.59. The monoisotopic (exact) mass is 323 g/mol. The topological polar surface area (TPSA) is 41.8 Å². The highest BCUT2D eigenvalue weighted by atomic mass is 16.5. The summed E-state index contributed by atoms with van der Waals surface area (Å²) in [6.45, 7) is 2.27. The van der Waals surface area contributed by atoms with Gasteiger partial charge in [-0.15, -0.1) is 0 Å². The number of aliphatic imine (C=N–C) groups is 1. The lowest BCUT2D eigenvalue weighted by molar-refractivity contribution is 0.333. The van der Waals surface area contributed by atoms with Gasteiger partial charge in [-0.05, 0) is 36.5 Å². The Morgan fingerprint density at radius 1 is 1.12 bits per heavy atom. The van der Waals surface area contributed by atoms with Gasteiger partial charge in [0.2, 0.25) is 0 Å². The van der Waals surface area contributed by atoms with Crippen LogP contribution in [0.4, 0.5) is 0 Å². The first-order chi connectivity index (χ1) is 11.7. The van der Waals surface area contributed by atoms with Gasteiger partial charge >= 0.3 is 0 Å². The second-order valence-electron chi connectivity index (χ2n) is 6.59. The molecule has 0 aromatic heterocycles. The molecule has 126 valence electrons. The van der Waals surface area contributed by atoms with Crippen molar-refractivity contribution in [3.63, 3.8) is 0 Å². The molecule has 24 heavy (non-hydrogen) atoms. The Labute approximate surface area is 144 Å². The predicted octanol–water partition coefficient (Wildman–Crippen LogP) is 5.07. The third-order valence-electron chi connectivity index (χ3n) is 4.90. The van der Waals surface area contributed by atoms with Crippen molar-refractivity contribution in [2.75, 3.05) is 7.11 Å². The zero-order chi connectivity index (χ0) is 16.9. The summed E-state index contributed by atoms with van der Waals surface area (Å²) in [6.07, 6.45) is 6.73. The molecule has 0 spiro atoms. The van der Waals surface area contributed by atoms with E-state index in [9.17, 15) is 5.11 Å². The number of hydrogen-bond donors (Lipinski definition) is 1. The lowest BCUT2D eigenvalue weighted by Gasteiger charge is -2.25. The van der Waals surface area contributed by atoms with E-state index in [-0.39, 0.29) is 5.75 Å². The van der Waals surface area contributed by atoms with Gasteiger partial charge in [0, 0.05) is 17.3 Å². The summed E-state index contributed by atoms with van der Waals surface area (Å²) in [5.41, 5.74) is 2.45. The quantitative estimate of drug-likeness (QED) is 0.799. The molecule has 2 aromatic carbocycles. The van der Waals surface area contributed by atoms with Crippen LogP contribution in [0.15, 0.2) is 47.5 Å². The second kappa shape index (κ2) is 7.52. The highest BCUT2D eigenvalue weighted by molar-refractivity contribution is 5.89. The van der Waals surface area contributed by atoms with E-state index in [0.29, 0.717) is 17.5 Å². The maximum absolute atomic E-state index is 10.7. The Hall–Kier alpha value is -2.29. The number of nitrogens with zero attached hydrogens (tertiary/aromatic N) is 1. The van der Waals surface area contributed by atoms with Gasteiger partial charge in [0.15, 0.2) is 0 Å². The average Bonchev–Trinajstić information content (AvgIpc) is 2.63. The lowest BCUT2D eigenvalue weighted by atomic mass is 9.86. The molecule has 0 heterocycles. The number of benzene rings is 2. The summed E-state index contributed by atoms with van der Waals surface area (Å²) < 4.78 is 5.41. The van der Waals surface area contributed by atoms with Gasteiger partial charge in [0.25, 0.3) is 0 Å². The maximum Gasteiger partial charge on any atom is 0.132 e. The fraction of sp³-hybridized carbons (Fsp3) is 0.381. The number of ether oxygens (including phenoxy) is 1. The van der Waals surface area contributed by atoms with Gasteiger partial charge in [-0.25, -0.2) is 0 Å². The van der Waals surface area contributed by atoms with Gasteiger partial charge in [-0.1, -0.05) is 50.1 Å². The minimum Gasteiger partial charge on any atom is -0.507 e. The zero-order valence-corrected chi connectivity index (χ0v) is 14.4. The Kier molecular flexibility index (Phi) is 5.19. The van der Waals surface area contributed by atoms with Crippen molar-refractivity contribution in [2.45, 2.75) is 38.6 Å². The number of hydrogen-bond acceptors (Lipinski definition) is 3. The maximum atomic E-state index is 10.7. The molecule has 3 heteroatoms. The Bertz CT molecular complexity index is 709. The molecule has 3 nitrogen and oxygen atoms in total. The van der Waals surface area contributed by atoms with Crippen LogP contribution in [-0.4, -0.2) is 24.5 Å². The van der Waals surface area contributed by atoms with Crippen LogP contribution in [0.2, 0.25) is 0 Å². The molecular weight excluding hydrogens is 298 g/mol. The van der Waals surface area contributed by atoms with Gasteiger partial charge in [-0.2, -0.15) is 0 Å². The predicted molar refractivity (Wildman–Crippen MR) is 99.1 cm³/mol. The van der Waals surface area contributed by atoms with Gasteiger partial charge in [-0.3, -0.25) is 4.99 Å². The van der Waals surface area contributed by atoms with E-state index in [0.717, 1.165) is 23.3 Å². The van der Waals surface area contributed by atoms with Crippen LogP contribution in [-0.2, 0) is 0 Å². The molecule has 0 aliphatic heterocycles. The number of methoxy groups -OCH3 is 1. The molecule has 0 saturated heterocycles. The van der Waals surface area contributed by atoms with Crippen molar-refractivity contribution in [1.82, 2.24) is 0 Å². The first kappa shape index (κ1) is 16.6. The highest BCUT2D eigenvalue weighted by Gasteiger charge is 2.20. The van der Waals surface area contributed by atoms with E-state index in [2.05, 4.69) is 6.92 Å². The number of aromatic hydroxyl groups is 1. The summed E-state index contributed by atoms with van der Waals surface area (Å²) in [5, 5.41) is 10.7. The van der Waals surface area contributed by atoms with Crippen molar-refractivity contribution in [1.29, 1.82) is 0 Å². The molecule has 0 bridgehead atoms. The first-order valence-electron chi connectivity index (χ1n) is 8.68. The fourth-order valence-corrected chi connectivity index (χ4v) is 3.38. The minimum absolute atomic E-state index is 0.259. The van der Waals surface area contributed by atoms with Crippen molar-refractivity contribution < 1.29 is 9.84 Å². The molecule has 1 saturated carbocycles. The molecular formula is C21H25NO2. The molecule has 1 aliphatic rings. The van der Waals surface area contributed by atoms with Gasteiger partial charge < -0.3 is 9.84 Å². The van der Waals surface area contributed by atoms with Crippen LogP contribution in [0.1, 0.15) is 38.2 Å². The number of phenolic OH excluding ortho intramolecular Hbond substituents is 1. The smallest absolute Gasteiger partial charge is 0.132 e. The molecule has 1 N–H and O–H groups in total. The van der Waals surface area contributed by atoms with Crippen molar-refractivity contribution in [3.05, 3.63) is 48.0 Å². The van der Waals surface area contributed by atoms with E-state index in [1.807, 2.05) is 48.7 Å². The Morgan fingerprint density at radius 3 is 2.58 bits per heavy atom. The van der Waals surface area contributed by atoms with Crippen molar-refractivity contribution >= 4 is 6.21 Å². The van der Waals surface area contributed by atoms with Crippen LogP contribution in [0.5, 0.6) is 11.5 Å². The number of rotatable bonds is 4. The molecule has 2 unspecified atom stereocenters. The molecule has 0 radical (unpaired) electrons. The zero-order valence-electron chi connectivity index (χ0n) is 14.4. The van der Waals surface area contributed by atoms with E-state index in [4.69, 9.17) is 9.73 Å². The van der Waals surface area contributed by atoms with Crippen LogP contribution in [0.3, 0.4) is 0 Å². The molecule has 1 fully saturated rings. The Balaban J connectivity index is 1.95. The third-order valence-corrected chi connectivity index (χ3v) is 4.90. The molecule has 1 aliphatic carbocycles. The largest absolute Gasteiger partial charge is 0.507 e. The lowest BCUT2D eigenvalue weighted by Crippen LogP contribution is -2.20. The molecule has 3 rings (SSSR count). The highest BCUT2D eigenvalue weighted by Crippen LogP contribution is 2.35. The standard InChI is InChI=1S/C21H25NO2/c1-15-8-6-7-11-20(15)22-14-17-12-18(24-2)13-19(21(17)23)16-9-4-3-5-10-16/h3-5,9-10,12-15,20,23H,6-8,11H2,1-2H3. The minimum atomic E-state index is 0.259. The third kappa shape index (κ3) is 3.61. The van der Waals surface area contributed by atoms with Gasteiger partial charge in [0.1, 0.15) is 11.5 Å². The average molecular weight is 323 g/mol. The normalized spacial score (nSPS) is 21.1.